The predicted molar refractivity (Wildman–Crippen MR) is 83.5 cm³/mol. The van der Waals surface area contributed by atoms with Gasteiger partial charge in [-0.1, -0.05) is 35.9 Å². The summed E-state index contributed by atoms with van der Waals surface area (Å²) in [7, 11) is 2.08. The van der Waals surface area contributed by atoms with Crippen molar-refractivity contribution in [3.63, 3.8) is 0 Å². The minimum Gasteiger partial charge on any atom is -0.325 e. The van der Waals surface area contributed by atoms with Crippen molar-refractivity contribution in [3.8, 4) is 0 Å². The molecule has 0 amide bonds. The van der Waals surface area contributed by atoms with Gasteiger partial charge in [0.15, 0.2) is 0 Å². The van der Waals surface area contributed by atoms with Crippen molar-refractivity contribution in [3.05, 3.63) is 64.4 Å². The van der Waals surface area contributed by atoms with Gasteiger partial charge < -0.3 is 5.73 Å². The number of hydrogen-bond acceptors (Lipinski definition) is 3. The van der Waals surface area contributed by atoms with Crippen LogP contribution in [0.2, 0.25) is 5.02 Å². The molecule has 106 valence electrons. The maximum atomic E-state index is 6.27. The van der Waals surface area contributed by atoms with E-state index < -0.39 is 0 Å². The highest BCUT2D eigenvalue weighted by molar-refractivity contribution is 6.31. The minimum absolute atomic E-state index is 0.231. The number of pyridine rings is 1. The Morgan fingerprint density at radius 2 is 2.00 bits per heavy atom. The lowest BCUT2D eigenvalue weighted by Crippen LogP contribution is -2.23. The summed E-state index contributed by atoms with van der Waals surface area (Å²) in [6.07, 6.45) is 1.78. The first-order valence-corrected chi connectivity index (χ1v) is 7.08. The van der Waals surface area contributed by atoms with Crippen LogP contribution in [0.15, 0.2) is 42.6 Å². The first-order chi connectivity index (χ1) is 9.63. The molecule has 0 fully saturated rings. The van der Waals surface area contributed by atoms with E-state index in [1.807, 2.05) is 24.3 Å². The average Bonchev–Trinajstić information content (AvgIpc) is 2.47. The third kappa shape index (κ3) is 3.37. The summed E-state index contributed by atoms with van der Waals surface area (Å²) >= 11 is 6.27. The Hall–Kier alpha value is -1.42. The van der Waals surface area contributed by atoms with Crippen LogP contribution in [0, 0.1) is 0 Å². The fourth-order valence-electron chi connectivity index (χ4n) is 2.26. The molecule has 0 saturated heterocycles. The van der Waals surface area contributed by atoms with Gasteiger partial charge in [0.2, 0.25) is 0 Å². The average molecular weight is 290 g/mol. The standard InChI is InChI=1S/C16H20ClN3/c1-12(14-7-3-4-8-15(14)17)20(2)11-13-6-5-9-19-16(13)10-18/h3-9,12H,10-11,18H2,1-2H3. The molecular formula is C16H20ClN3. The molecule has 1 heterocycles. The van der Waals surface area contributed by atoms with Crippen LogP contribution in [0.1, 0.15) is 29.8 Å². The van der Waals surface area contributed by atoms with Gasteiger partial charge in [0.05, 0.1) is 5.69 Å². The predicted octanol–water partition coefficient (Wildman–Crippen LogP) is 3.39. The summed E-state index contributed by atoms with van der Waals surface area (Å²) in [5, 5.41) is 0.803. The molecule has 1 aromatic carbocycles. The van der Waals surface area contributed by atoms with E-state index in [0.717, 1.165) is 28.4 Å². The number of nitrogens with zero attached hydrogens (tertiary/aromatic N) is 2. The lowest BCUT2D eigenvalue weighted by Gasteiger charge is -2.26. The highest BCUT2D eigenvalue weighted by atomic mass is 35.5. The molecule has 0 aliphatic carbocycles. The fourth-order valence-corrected chi connectivity index (χ4v) is 2.55. The number of hydrogen-bond donors (Lipinski definition) is 1. The molecule has 3 nitrogen and oxygen atoms in total. The van der Waals surface area contributed by atoms with Crippen LogP contribution in [-0.4, -0.2) is 16.9 Å². The largest absolute Gasteiger partial charge is 0.325 e. The Kier molecular flexibility index (Phi) is 5.12. The monoisotopic (exact) mass is 289 g/mol. The second kappa shape index (κ2) is 6.84. The number of halogens is 1. The quantitative estimate of drug-likeness (QED) is 0.917. The second-order valence-electron chi connectivity index (χ2n) is 4.93. The molecule has 2 N–H and O–H groups in total. The summed E-state index contributed by atoms with van der Waals surface area (Å²) in [5.41, 5.74) is 8.98. The van der Waals surface area contributed by atoms with Gasteiger partial charge in [-0.25, -0.2) is 0 Å². The first kappa shape index (κ1) is 15.0. The van der Waals surface area contributed by atoms with Crippen LogP contribution in [0.5, 0.6) is 0 Å². The van der Waals surface area contributed by atoms with Crippen LogP contribution in [0.4, 0.5) is 0 Å². The van der Waals surface area contributed by atoms with Gasteiger partial charge in [0.25, 0.3) is 0 Å². The fraction of sp³-hybridized carbons (Fsp3) is 0.312. The molecule has 0 radical (unpaired) electrons. The lowest BCUT2D eigenvalue weighted by molar-refractivity contribution is 0.252. The lowest BCUT2D eigenvalue weighted by atomic mass is 10.1. The molecule has 0 bridgehead atoms. The van der Waals surface area contributed by atoms with Crippen molar-refractivity contribution in [1.29, 1.82) is 0 Å². The SMILES string of the molecule is CC(c1ccccc1Cl)N(C)Cc1cccnc1CN. The van der Waals surface area contributed by atoms with Gasteiger partial charge >= 0.3 is 0 Å². The number of benzene rings is 1. The number of nitrogens with two attached hydrogens (primary N) is 1. The Morgan fingerprint density at radius 3 is 2.70 bits per heavy atom. The Bertz CT molecular complexity index is 571. The van der Waals surface area contributed by atoms with Crippen LogP contribution in [-0.2, 0) is 13.1 Å². The smallest absolute Gasteiger partial charge is 0.0584 e. The first-order valence-electron chi connectivity index (χ1n) is 6.71. The Balaban J connectivity index is 2.16. The van der Waals surface area contributed by atoms with Crippen molar-refractivity contribution in [2.45, 2.75) is 26.1 Å². The highest BCUT2D eigenvalue weighted by Gasteiger charge is 2.15. The molecule has 1 unspecified atom stereocenters. The molecule has 4 heteroatoms. The van der Waals surface area contributed by atoms with Crippen molar-refractivity contribution < 1.29 is 0 Å². The molecule has 0 spiro atoms. The zero-order chi connectivity index (χ0) is 14.5. The highest BCUT2D eigenvalue weighted by Crippen LogP contribution is 2.27. The zero-order valence-electron chi connectivity index (χ0n) is 11.9. The Morgan fingerprint density at radius 1 is 1.25 bits per heavy atom. The maximum Gasteiger partial charge on any atom is 0.0584 e. The van der Waals surface area contributed by atoms with Gasteiger partial charge in [-0.2, -0.15) is 0 Å². The number of aromatic nitrogens is 1. The second-order valence-corrected chi connectivity index (χ2v) is 5.33. The minimum atomic E-state index is 0.231. The van der Waals surface area contributed by atoms with Gasteiger partial charge in [0, 0.05) is 30.4 Å². The molecule has 0 aliphatic heterocycles. The van der Waals surface area contributed by atoms with Crippen molar-refractivity contribution in [2.24, 2.45) is 5.73 Å². The maximum absolute atomic E-state index is 6.27. The van der Waals surface area contributed by atoms with Gasteiger partial charge in [-0.3, -0.25) is 9.88 Å². The summed E-state index contributed by atoms with van der Waals surface area (Å²) in [5.74, 6) is 0. The Labute approximate surface area is 125 Å². The molecule has 1 atom stereocenters. The molecule has 1 aromatic heterocycles. The molecule has 2 rings (SSSR count). The topological polar surface area (TPSA) is 42.2 Å². The van der Waals surface area contributed by atoms with Gasteiger partial charge in [-0.15, -0.1) is 0 Å². The van der Waals surface area contributed by atoms with E-state index in [-0.39, 0.29) is 6.04 Å². The number of rotatable bonds is 5. The molecule has 20 heavy (non-hydrogen) atoms. The summed E-state index contributed by atoms with van der Waals surface area (Å²) in [6, 6.07) is 12.2. The van der Waals surface area contributed by atoms with E-state index in [9.17, 15) is 0 Å². The third-order valence-electron chi connectivity index (χ3n) is 3.61. The summed E-state index contributed by atoms with van der Waals surface area (Å²) in [6.45, 7) is 3.41. The van der Waals surface area contributed by atoms with Gasteiger partial charge in [-0.05, 0) is 37.2 Å². The summed E-state index contributed by atoms with van der Waals surface area (Å²) in [4.78, 5) is 6.57. The van der Waals surface area contributed by atoms with E-state index >= 15 is 0 Å². The van der Waals surface area contributed by atoms with E-state index in [1.165, 1.54) is 0 Å². The molecule has 0 saturated carbocycles. The molecular weight excluding hydrogens is 270 g/mol. The van der Waals surface area contributed by atoms with Crippen molar-refractivity contribution in [1.82, 2.24) is 9.88 Å². The van der Waals surface area contributed by atoms with E-state index in [2.05, 4.69) is 36.0 Å². The normalized spacial score (nSPS) is 12.7. The molecule has 2 aromatic rings. The van der Waals surface area contributed by atoms with Crippen LogP contribution in [0.25, 0.3) is 0 Å². The van der Waals surface area contributed by atoms with Crippen LogP contribution in [0.3, 0.4) is 0 Å². The van der Waals surface area contributed by atoms with Crippen molar-refractivity contribution >= 4 is 11.6 Å². The van der Waals surface area contributed by atoms with Crippen LogP contribution >= 0.6 is 11.6 Å². The zero-order valence-corrected chi connectivity index (χ0v) is 12.6. The summed E-state index contributed by atoms with van der Waals surface area (Å²) < 4.78 is 0. The van der Waals surface area contributed by atoms with E-state index in [4.69, 9.17) is 17.3 Å². The van der Waals surface area contributed by atoms with Crippen LogP contribution < -0.4 is 5.73 Å². The van der Waals surface area contributed by atoms with E-state index in [1.54, 1.807) is 6.20 Å². The third-order valence-corrected chi connectivity index (χ3v) is 3.96. The van der Waals surface area contributed by atoms with Gasteiger partial charge in [0.1, 0.15) is 0 Å². The van der Waals surface area contributed by atoms with E-state index in [0.29, 0.717) is 6.54 Å². The van der Waals surface area contributed by atoms with Crippen molar-refractivity contribution in [2.75, 3.05) is 7.05 Å². The molecule has 0 aliphatic rings.